The maximum Gasteiger partial charge on any atom is 0.303 e. The first-order valence-corrected chi connectivity index (χ1v) is 10.2. The first-order chi connectivity index (χ1) is 11.7. The van der Waals surface area contributed by atoms with Crippen molar-refractivity contribution in [2.45, 2.75) is 116 Å². The monoisotopic (exact) mass is 340 g/mol. The molecule has 0 aromatic rings. The second-order valence-electron chi connectivity index (χ2n) is 6.97. The fraction of sp³-hybridized carbons (Fsp3) is 0.857. The van der Waals surface area contributed by atoms with Gasteiger partial charge in [-0.25, -0.2) is 0 Å². The fourth-order valence-corrected chi connectivity index (χ4v) is 2.89. The third-order valence-corrected chi connectivity index (χ3v) is 4.48. The number of aliphatic carboxylic acids is 1. The summed E-state index contributed by atoms with van der Waals surface area (Å²) in [6.45, 7) is 2.22. The summed E-state index contributed by atoms with van der Waals surface area (Å²) in [5, 5.41) is 18.4. The minimum atomic E-state index is -0.677. The molecule has 0 aliphatic carbocycles. The molecule has 2 N–H and O–H groups in total. The molecule has 3 nitrogen and oxygen atoms in total. The van der Waals surface area contributed by atoms with Crippen LogP contribution in [-0.2, 0) is 4.79 Å². The summed E-state index contributed by atoms with van der Waals surface area (Å²) in [6, 6.07) is 0. The summed E-state index contributed by atoms with van der Waals surface area (Å²) in [5.41, 5.74) is 0. The van der Waals surface area contributed by atoms with Crippen LogP contribution in [0.2, 0.25) is 0 Å². The van der Waals surface area contributed by atoms with E-state index in [0.29, 0.717) is 6.42 Å². The maximum atomic E-state index is 10.4. The third kappa shape index (κ3) is 19.2. The highest BCUT2D eigenvalue weighted by molar-refractivity contribution is 5.66. The van der Waals surface area contributed by atoms with Gasteiger partial charge in [-0.1, -0.05) is 83.3 Å². The molecule has 0 rings (SSSR count). The van der Waals surface area contributed by atoms with Gasteiger partial charge >= 0.3 is 5.97 Å². The normalized spacial score (nSPS) is 12.8. The lowest BCUT2D eigenvalue weighted by Crippen LogP contribution is -2.04. The van der Waals surface area contributed by atoms with Crippen molar-refractivity contribution in [1.82, 2.24) is 0 Å². The van der Waals surface area contributed by atoms with Gasteiger partial charge in [0.05, 0.1) is 6.10 Å². The van der Waals surface area contributed by atoms with Crippen molar-refractivity contribution in [2.24, 2.45) is 0 Å². The molecule has 142 valence electrons. The summed E-state index contributed by atoms with van der Waals surface area (Å²) < 4.78 is 0. The van der Waals surface area contributed by atoms with E-state index in [-0.39, 0.29) is 6.10 Å². The van der Waals surface area contributed by atoms with Crippen LogP contribution in [-0.4, -0.2) is 22.3 Å². The molecule has 0 fully saturated rings. The number of carboxylic acids is 1. The maximum absolute atomic E-state index is 10.4. The highest BCUT2D eigenvalue weighted by Crippen LogP contribution is 2.11. The van der Waals surface area contributed by atoms with Gasteiger partial charge < -0.3 is 10.2 Å². The van der Waals surface area contributed by atoms with Crippen molar-refractivity contribution < 1.29 is 15.0 Å². The van der Waals surface area contributed by atoms with E-state index in [1.165, 1.54) is 51.4 Å². The molecule has 0 unspecified atom stereocenters. The Kier molecular flexibility index (Phi) is 17.9. The molecule has 24 heavy (non-hydrogen) atoms. The van der Waals surface area contributed by atoms with Crippen LogP contribution >= 0.6 is 0 Å². The average Bonchev–Trinajstić information content (AvgIpc) is 2.55. The number of carboxylic acid groups (broad SMARTS) is 1. The lowest BCUT2D eigenvalue weighted by atomic mass is 10.1. The first kappa shape index (κ1) is 23.2. The van der Waals surface area contributed by atoms with E-state index < -0.39 is 5.97 Å². The lowest BCUT2D eigenvalue weighted by molar-refractivity contribution is -0.137. The van der Waals surface area contributed by atoms with E-state index >= 15 is 0 Å². The molecule has 1 atom stereocenters. The second kappa shape index (κ2) is 18.5. The van der Waals surface area contributed by atoms with Crippen molar-refractivity contribution in [2.75, 3.05) is 0 Å². The third-order valence-electron chi connectivity index (χ3n) is 4.48. The molecule has 0 radical (unpaired) electrons. The van der Waals surface area contributed by atoms with Gasteiger partial charge in [0.2, 0.25) is 0 Å². The summed E-state index contributed by atoms with van der Waals surface area (Å²) in [6.07, 6.45) is 21.6. The zero-order chi connectivity index (χ0) is 17.9. The molecule has 0 saturated heterocycles. The number of aliphatic hydroxyl groups is 1. The summed E-state index contributed by atoms with van der Waals surface area (Å²) in [5.74, 6) is -0.677. The number of rotatable bonds is 18. The molecular weight excluding hydrogens is 300 g/mol. The molecule has 0 spiro atoms. The lowest BCUT2D eigenvalue weighted by Gasteiger charge is -2.07. The van der Waals surface area contributed by atoms with Gasteiger partial charge in [-0.3, -0.25) is 4.79 Å². The summed E-state index contributed by atoms with van der Waals surface area (Å²) in [4.78, 5) is 10.4. The van der Waals surface area contributed by atoms with Crippen LogP contribution in [0.25, 0.3) is 0 Å². The van der Waals surface area contributed by atoms with E-state index in [9.17, 15) is 9.90 Å². The summed E-state index contributed by atoms with van der Waals surface area (Å²) >= 11 is 0. The first-order valence-electron chi connectivity index (χ1n) is 10.2. The zero-order valence-corrected chi connectivity index (χ0v) is 15.8. The molecule has 0 aliphatic heterocycles. The van der Waals surface area contributed by atoms with Gasteiger partial charge in [-0.15, -0.1) is 0 Å². The zero-order valence-electron chi connectivity index (χ0n) is 15.8. The molecule has 0 saturated carbocycles. The number of aliphatic hydroxyl groups excluding tert-OH is 1. The van der Waals surface area contributed by atoms with Crippen LogP contribution in [0.5, 0.6) is 0 Å². The van der Waals surface area contributed by atoms with E-state index in [0.717, 1.165) is 44.9 Å². The Morgan fingerprint density at radius 2 is 1.42 bits per heavy atom. The predicted molar refractivity (Wildman–Crippen MR) is 102 cm³/mol. The van der Waals surface area contributed by atoms with Crippen molar-refractivity contribution >= 4 is 5.97 Å². The highest BCUT2D eigenvalue weighted by atomic mass is 16.4. The van der Waals surface area contributed by atoms with E-state index in [2.05, 4.69) is 19.1 Å². The Labute approximate surface area is 149 Å². The van der Waals surface area contributed by atoms with E-state index in [1.54, 1.807) is 0 Å². The number of allylic oxidation sites excluding steroid dienone is 1. The Morgan fingerprint density at radius 3 is 2.08 bits per heavy atom. The molecule has 0 bridgehead atoms. The molecule has 0 amide bonds. The van der Waals surface area contributed by atoms with Crippen LogP contribution in [0.15, 0.2) is 12.2 Å². The molecule has 0 aromatic carbocycles. The van der Waals surface area contributed by atoms with Crippen molar-refractivity contribution in [1.29, 1.82) is 0 Å². The Hall–Kier alpha value is -0.830. The van der Waals surface area contributed by atoms with Crippen LogP contribution in [0.1, 0.15) is 110 Å². The highest BCUT2D eigenvalue weighted by Gasteiger charge is 2.01. The topological polar surface area (TPSA) is 57.5 Å². The van der Waals surface area contributed by atoms with Gasteiger partial charge in [0.25, 0.3) is 0 Å². The van der Waals surface area contributed by atoms with Crippen molar-refractivity contribution in [3.8, 4) is 0 Å². The predicted octanol–water partition coefficient (Wildman–Crippen LogP) is 6.25. The minimum absolute atomic E-state index is 0.159. The Morgan fingerprint density at radius 1 is 0.833 bits per heavy atom. The van der Waals surface area contributed by atoms with Crippen LogP contribution in [0, 0.1) is 0 Å². The van der Waals surface area contributed by atoms with E-state index in [4.69, 9.17) is 5.11 Å². The fourth-order valence-electron chi connectivity index (χ4n) is 2.89. The van der Waals surface area contributed by atoms with Gasteiger partial charge in [0, 0.05) is 6.42 Å². The van der Waals surface area contributed by atoms with Gasteiger partial charge in [-0.05, 0) is 32.1 Å². The Bertz CT molecular complexity index is 299. The quantitative estimate of drug-likeness (QED) is 0.229. The SMILES string of the molecule is CCCCCCC[C@@H](O)CC=CCCCCCCCCCC(=O)O. The number of unbranched alkanes of at least 4 members (excludes halogenated alkanes) is 11. The standard InChI is InChI=1S/C21H40O3/c1-2-3-4-11-14-17-20(22)18-15-12-9-7-5-6-8-10-13-16-19-21(23)24/h12,15,20,22H,2-11,13-14,16-19H2,1H3,(H,23,24)/t20-/m1/s1. The van der Waals surface area contributed by atoms with Crippen molar-refractivity contribution in [3.63, 3.8) is 0 Å². The largest absolute Gasteiger partial charge is 0.481 e. The summed E-state index contributed by atoms with van der Waals surface area (Å²) in [7, 11) is 0. The van der Waals surface area contributed by atoms with Gasteiger partial charge in [-0.2, -0.15) is 0 Å². The van der Waals surface area contributed by atoms with Crippen LogP contribution in [0.4, 0.5) is 0 Å². The van der Waals surface area contributed by atoms with Crippen LogP contribution in [0.3, 0.4) is 0 Å². The number of hydrogen-bond acceptors (Lipinski definition) is 2. The Balaban J connectivity index is 3.24. The molecule has 3 heteroatoms. The average molecular weight is 341 g/mol. The van der Waals surface area contributed by atoms with Crippen LogP contribution < -0.4 is 0 Å². The smallest absolute Gasteiger partial charge is 0.303 e. The number of carbonyl (C=O) groups is 1. The van der Waals surface area contributed by atoms with E-state index in [1.807, 2.05) is 0 Å². The van der Waals surface area contributed by atoms with Crippen molar-refractivity contribution in [3.05, 3.63) is 12.2 Å². The molecule has 0 heterocycles. The molecule has 0 aliphatic rings. The second-order valence-corrected chi connectivity index (χ2v) is 6.97. The molecular formula is C21H40O3. The van der Waals surface area contributed by atoms with Gasteiger partial charge in [0.15, 0.2) is 0 Å². The van der Waals surface area contributed by atoms with Gasteiger partial charge in [0.1, 0.15) is 0 Å². The number of hydrogen-bond donors (Lipinski definition) is 2. The minimum Gasteiger partial charge on any atom is -0.481 e. The molecule has 0 aromatic heterocycles.